The predicted molar refractivity (Wildman–Crippen MR) is 106 cm³/mol. The van der Waals surface area contributed by atoms with Crippen LogP contribution < -0.4 is 0 Å². The van der Waals surface area contributed by atoms with Gasteiger partial charge in [0.25, 0.3) is 0 Å². The van der Waals surface area contributed by atoms with Crippen LogP contribution in [0.3, 0.4) is 0 Å². The van der Waals surface area contributed by atoms with Gasteiger partial charge in [0.2, 0.25) is 0 Å². The van der Waals surface area contributed by atoms with Gasteiger partial charge in [-0.25, -0.2) is 0 Å². The molecule has 2 heteroatoms. The Morgan fingerprint density at radius 3 is 1.42 bits per heavy atom. The molecule has 0 aromatic heterocycles. The summed E-state index contributed by atoms with van der Waals surface area (Å²) in [6.07, 6.45) is 4.59. The zero-order chi connectivity index (χ0) is 16.7. The first kappa shape index (κ1) is 18.9. The third kappa shape index (κ3) is 9.03. The summed E-state index contributed by atoms with van der Waals surface area (Å²) in [5.74, 6) is 13.0. The molecule has 0 saturated heterocycles. The fourth-order valence-corrected chi connectivity index (χ4v) is 8.66. The summed E-state index contributed by atoms with van der Waals surface area (Å²) >= 11 is 1.68. The second kappa shape index (κ2) is 13.0. The van der Waals surface area contributed by atoms with Gasteiger partial charge in [0.1, 0.15) is 0 Å². The van der Waals surface area contributed by atoms with Gasteiger partial charge < -0.3 is 0 Å². The van der Waals surface area contributed by atoms with E-state index in [0.717, 1.165) is 50.2 Å². The second-order valence-corrected chi connectivity index (χ2v) is 13.0. The van der Waals surface area contributed by atoms with Crippen LogP contribution in [0.4, 0.5) is 0 Å². The van der Waals surface area contributed by atoms with Crippen molar-refractivity contribution < 1.29 is 0 Å². The third-order valence-corrected chi connectivity index (χ3v) is 10.9. The topological polar surface area (TPSA) is 0 Å². The second-order valence-electron chi connectivity index (χ2n) is 5.19. The fraction of sp³-hybridized carbons (Fsp3) is 0.273. The summed E-state index contributed by atoms with van der Waals surface area (Å²) in [7, 11) is 0. The molecule has 2 aromatic rings. The van der Waals surface area contributed by atoms with Crippen molar-refractivity contribution in [1.82, 2.24) is 0 Å². The molecule has 122 valence electrons. The number of rotatable bonds is 7. The Hall–Kier alpha value is -1.40. The van der Waals surface area contributed by atoms with Crippen molar-refractivity contribution in [3.63, 3.8) is 0 Å². The fourth-order valence-electron chi connectivity index (χ4n) is 1.93. The average Bonchev–Trinajstić information content (AvgIpc) is 2.64. The molecule has 0 unspecified atom stereocenters. The molecule has 24 heavy (non-hydrogen) atoms. The van der Waals surface area contributed by atoms with Gasteiger partial charge in [0, 0.05) is 0 Å². The maximum atomic E-state index is 3.28. The molecule has 0 spiro atoms. The van der Waals surface area contributed by atoms with Crippen molar-refractivity contribution in [3.8, 4) is 23.7 Å². The summed E-state index contributed by atoms with van der Waals surface area (Å²) in [5, 5.41) is 2.76. The first-order chi connectivity index (χ1) is 11.9. The minimum absolute atomic E-state index is 0.842. The van der Waals surface area contributed by atoms with Crippen molar-refractivity contribution in [2.75, 3.05) is 0 Å². The average molecular weight is 444 g/mol. The van der Waals surface area contributed by atoms with Crippen molar-refractivity contribution in [2.24, 2.45) is 0 Å². The Kier molecular flexibility index (Phi) is 10.2. The SMILES string of the molecule is C(#Cc1ccccc1)CCC[Se][Se]CCCC#Cc1ccccc1. The Morgan fingerprint density at radius 2 is 1.00 bits per heavy atom. The molecular weight excluding hydrogens is 422 g/mol. The van der Waals surface area contributed by atoms with Crippen molar-refractivity contribution in [2.45, 2.75) is 36.3 Å². The molecule has 0 N–H and O–H groups in total. The number of hydrogen-bond donors (Lipinski definition) is 0. The number of unbranched alkanes of at least 4 members (excludes halogenated alkanes) is 2. The van der Waals surface area contributed by atoms with Crippen molar-refractivity contribution in [3.05, 3.63) is 71.8 Å². The predicted octanol–water partition coefficient (Wildman–Crippen LogP) is 4.81. The van der Waals surface area contributed by atoms with Gasteiger partial charge in [0.15, 0.2) is 0 Å². The third-order valence-electron chi connectivity index (χ3n) is 3.16. The molecule has 0 aliphatic carbocycles. The van der Waals surface area contributed by atoms with Gasteiger partial charge in [-0.05, 0) is 0 Å². The van der Waals surface area contributed by atoms with E-state index in [1.165, 1.54) is 23.5 Å². The van der Waals surface area contributed by atoms with E-state index in [4.69, 9.17) is 0 Å². The molecule has 0 bridgehead atoms. The standard InChI is InChI=1S/C22H22Se2/c1-5-13-21(14-6-1)17-9-3-11-19-23-24-20-12-4-10-18-22-15-7-2-8-16-22/h1-2,5-8,13-16H,3-4,11-12,19-20H2. The van der Waals surface area contributed by atoms with Crippen LogP contribution in [0.5, 0.6) is 0 Å². The Labute approximate surface area is 157 Å². The Balaban J connectivity index is 1.43. The normalized spacial score (nSPS) is 9.50. The molecule has 0 nitrogen and oxygen atoms in total. The van der Waals surface area contributed by atoms with Gasteiger partial charge in [0.05, 0.1) is 0 Å². The van der Waals surface area contributed by atoms with Crippen LogP contribution in [0.25, 0.3) is 0 Å². The zero-order valence-corrected chi connectivity index (χ0v) is 17.3. The van der Waals surface area contributed by atoms with Crippen LogP contribution in [0.1, 0.15) is 36.8 Å². The first-order valence-corrected chi connectivity index (χ1v) is 15.0. The molecule has 0 fully saturated rings. The van der Waals surface area contributed by atoms with E-state index in [9.17, 15) is 0 Å². The number of hydrogen-bond acceptors (Lipinski definition) is 0. The van der Waals surface area contributed by atoms with Crippen LogP contribution in [0.2, 0.25) is 10.6 Å². The van der Waals surface area contributed by atoms with Crippen molar-refractivity contribution in [1.29, 1.82) is 0 Å². The molecule has 0 amide bonds. The summed E-state index contributed by atoms with van der Waals surface area (Å²) in [6.45, 7) is 0. The van der Waals surface area contributed by atoms with Crippen LogP contribution in [-0.4, -0.2) is 26.3 Å². The van der Waals surface area contributed by atoms with E-state index in [2.05, 4.69) is 47.9 Å². The molecule has 2 aromatic carbocycles. The molecule has 0 aliphatic heterocycles. The van der Waals surface area contributed by atoms with Crippen LogP contribution in [-0.2, 0) is 0 Å². The van der Waals surface area contributed by atoms with Crippen LogP contribution in [0, 0.1) is 23.7 Å². The Bertz CT molecular complexity index is 621. The monoisotopic (exact) mass is 446 g/mol. The van der Waals surface area contributed by atoms with Crippen LogP contribution >= 0.6 is 0 Å². The summed E-state index contributed by atoms with van der Waals surface area (Å²) < 4.78 is 0. The Morgan fingerprint density at radius 1 is 0.583 bits per heavy atom. The quantitative estimate of drug-likeness (QED) is 0.327. The number of benzene rings is 2. The molecular formula is C22H22Se2. The van der Waals surface area contributed by atoms with E-state index in [-0.39, 0.29) is 0 Å². The maximum absolute atomic E-state index is 3.28. The summed E-state index contributed by atoms with van der Waals surface area (Å²) in [5.41, 5.74) is 2.26. The molecule has 0 aliphatic rings. The van der Waals surface area contributed by atoms with E-state index in [0.29, 0.717) is 0 Å². The molecule has 0 saturated carbocycles. The van der Waals surface area contributed by atoms with Crippen LogP contribution in [0.15, 0.2) is 60.7 Å². The van der Waals surface area contributed by atoms with Gasteiger partial charge in [-0.15, -0.1) is 0 Å². The minimum atomic E-state index is 0.842. The van der Waals surface area contributed by atoms with Crippen molar-refractivity contribution >= 4 is 26.3 Å². The molecule has 2 rings (SSSR count). The van der Waals surface area contributed by atoms with Gasteiger partial charge in [-0.3, -0.25) is 0 Å². The van der Waals surface area contributed by atoms with Gasteiger partial charge >= 0.3 is 158 Å². The van der Waals surface area contributed by atoms with E-state index in [1.807, 2.05) is 36.4 Å². The zero-order valence-electron chi connectivity index (χ0n) is 13.8. The first-order valence-electron chi connectivity index (χ1n) is 8.27. The summed E-state index contributed by atoms with van der Waals surface area (Å²) in [4.78, 5) is 0. The van der Waals surface area contributed by atoms with Gasteiger partial charge in [-0.1, -0.05) is 0 Å². The van der Waals surface area contributed by atoms with E-state index >= 15 is 0 Å². The van der Waals surface area contributed by atoms with E-state index < -0.39 is 0 Å². The molecule has 0 atom stereocenters. The molecule has 0 radical (unpaired) electrons. The summed E-state index contributed by atoms with van der Waals surface area (Å²) in [6, 6.07) is 20.5. The van der Waals surface area contributed by atoms with Gasteiger partial charge in [-0.2, -0.15) is 0 Å². The molecule has 0 heterocycles. The van der Waals surface area contributed by atoms with E-state index in [1.54, 1.807) is 0 Å².